The highest BCUT2D eigenvalue weighted by atomic mass is 16.3. The second-order valence-electron chi connectivity index (χ2n) is 7.40. The molecule has 1 fully saturated rings. The van der Waals surface area contributed by atoms with Crippen molar-refractivity contribution in [2.24, 2.45) is 7.05 Å². The Bertz CT molecular complexity index is 1060. The summed E-state index contributed by atoms with van der Waals surface area (Å²) in [5, 5.41) is 16.8. The molecular weight excluding hydrogens is 356 g/mol. The predicted octanol–water partition coefficient (Wildman–Crippen LogP) is 2.49. The summed E-state index contributed by atoms with van der Waals surface area (Å²) in [5.74, 6) is 1.77. The van der Waals surface area contributed by atoms with Crippen molar-refractivity contribution in [1.82, 2.24) is 19.5 Å². The number of aromatic nitrogens is 4. The molecule has 0 saturated heterocycles. The van der Waals surface area contributed by atoms with Crippen LogP contribution in [0.25, 0.3) is 10.9 Å². The smallest absolute Gasteiger partial charge is 0.264 e. The minimum absolute atomic E-state index is 0.143. The minimum Gasteiger partial charge on any atom is -0.393 e. The summed E-state index contributed by atoms with van der Waals surface area (Å²) in [7, 11) is 1.68. The van der Waals surface area contributed by atoms with Crippen molar-refractivity contribution in [3.63, 3.8) is 0 Å². The summed E-state index contributed by atoms with van der Waals surface area (Å²) >= 11 is 0. The van der Waals surface area contributed by atoms with Gasteiger partial charge in [0.1, 0.15) is 22.8 Å². The molecule has 3 heterocycles. The molecule has 0 amide bonds. The van der Waals surface area contributed by atoms with E-state index in [0.29, 0.717) is 28.4 Å². The molecule has 0 unspecified atom stereocenters. The van der Waals surface area contributed by atoms with Gasteiger partial charge in [0.2, 0.25) is 0 Å². The van der Waals surface area contributed by atoms with Gasteiger partial charge in [0.15, 0.2) is 0 Å². The minimum atomic E-state index is -0.238. The molecule has 28 heavy (non-hydrogen) atoms. The molecule has 0 aliphatic heterocycles. The fourth-order valence-corrected chi connectivity index (χ4v) is 3.54. The first-order valence-electron chi connectivity index (χ1n) is 9.50. The van der Waals surface area contributed by atoms with Gasteiger partial charge in [0.25, 0.3) is 5.56 Å². The van der Waals surface area contributed by atoms with Crippen LogP contribution in [0.2, 0.25) is 0 Å². The molecule has 3 aromatic rings. The van der Waals surface area contributed by atoms with Crippen LogP contribution in [0, 0.1) is 6.92 Å². The third-order valence-electron chi connectivity index (χ3n) is 5.11. The Morgan fingerprint density at radius 3 is 2.68 bits per heavy atom. The molecule has 1 aliphatic carbocycles. The molecule has 0 bridgehead atoms. The highest BCUT2D eigenvalue weighted by Crippen LogP contribution is 2.26. The van der Waals surface area contributed by atoms with E-state index in [4.69, 9.17) is 0 Å². The van der Waals surface area contributed by atoms with E-state index in [1.807, 2.05) is 19.1 Å². The Morgan fingerprint density at radius 1 is 1.14 bits per heavy atom. The lowest BCUT2D eigenvalue weighted by Crippen LogP contribution is -2.29. The van der Waals surface area contributed by atoms with Crippen molar-refractivity contribution in [1.29, 1.82) is 0 Å². The van der Waals surface area contributed by atoms with E-state index >= 15 is 0 Å². The van der Waals surface area contributed by atoms with Gasteiger partial charge >= 0.3 is 0 Å². The van der Waals surface area contributed by atoms with Crippen LogP contribution in [-0.2, 0) is 7.05 Å². The van der Waals surface area contributed by atoms with Gasteiger partial charge in [0, 0.05) is 25.4 Å². The van der Waals surface area contributed by atoms with Gasteiger partial charge in [-0.15, -0.1) is 0 Å². The molecule has 8 heteroatoms. The molecule has 8 nitrogen and oxygen atoms in total. The summed E-state index contributed by atoms with van der Waals surface area (Å²) in [6, 6.07) is 5.78. The highest BCUT2D eigenvalue weighted by molar-refractivity contribution is 5.90. The number of rotatable bonds is 4. The van der Waals surface area contributed by atoms with Crippen LogP contribution in [0.5, 0.6) is 0 Å². The maximum absolute atomic E-state index is 12.7. The number of fused-ring (bicyclic) bond motifs is 1. The lowest BCUT2D eigenvalue weighted by Gasteiger charge is -2.27. The molecule has 4 rings (SSSR count). The number of pyridine rings is 2. The number of anilines is 3. The van der Waals surface area contributed by atoms with Crippen LogP contribution in [0.3, 0.4) is 0 Å². The predicted molar refractivity (Wildman–Crippen MR) is 109 cm³/mol. The first-order valence-corrected chi connectivity index (χ1v) is 9.50. The van der Waals surface area contributed by atoms with Gasteiger partial charge < -0.3 is 20.3 Å². The number of aliphatic hydroxyl groups excluding tert-OH is 1. The second-order valence-corrected chi connectivity index (χ2v) is 7.40. The summed E-state index contributed by atoms with van der Waals surface area (Å²) in [5.41, 5.74) is 1.52. The molecule has 1 aliphatic rings. The lowest BCUT2D eigenvalue weighted by molar-refractivity contribution is 0.126. The zero-order valence-corrected chi connectivity index (χ0v) is 16.0. The van der Waals surface area contributed by atoms with Crippen molar-refractivity contribution in [2.75, 3.05) is 10.6 Å². The summed E-state index contributed by atoms with van der Waals surface area (Å²) in [4.78, 5) is 26.1. The van der Waals surface area contributed by atoms with E-state index in [0.717, 1.165) is 31.2 Å². The van der Waals surface area contributed by atoms with Gasteiger partial charge in [0.05, 0.1) is 17.9 Å². The van der Waals surface area contributed by atoms with E-state index in [9.17, 15) is 9.90 Å². The Hall–Kier alpha value is -3.00. The average Bonchev–Trinajstić information content (AvgIpc) is 2.66. The van der Waals surface area contributed by atoms with Gasteiger partial charge in [-0.2, -0.15) is 0 Å². The van der Waals surface area contributed by atoms with E-state index in [2.05, 4.69) is 25.6 Å². The molecule has 0 radical (unpaired) electrons. The number of nitrogens with zero attached hydrogens (tertiary/aromatic N) is 4. The van der Waals surface area contributed by atoms with Crippen LogP contribution in [0.1, 0.15) is 31.2 Å². The van der Waals surface area contributed by atoms with Gasteiger partial charge in [-0.25, -0.2) is 15.0 Å². The molecule has 3 N–H and O–H groups in total. The monoisotopic (exact) mass is 380 g/mol. The third-order valence-corrected chi connectivity index (χ3v) is 5.11. The van der Waals surface area contributed by atoms with Crippen molar-refractivity contribution >= 4 is 28.4 Å². The SMILES string of the molecule is Cc1ccnc(Nc2cc3ncn(C)c(=O)c3c(N[C@H]3CC[C@@H](O)CC3)n2)c1. The second kappa shape index (κ2) is 7.55. The Labute approximate surface area is 162 Å². The van der Waals surface area contributed by atoms with Crippen molar-refractivity contribution < 1.29 is 5.11 Å². The van der Waals surface area contributed by atoms with Crippen LogP contribution >= 0.6 is 0 Å². The molecule has 0 spiro atoms. The topological polar surface area (TPSA) is 105 Å². The van der Waals surface area contributed by atoms with Crippen LogP contribution in [0.4, 0.5) is 17.5 Å². The molecular formula is C20H24N6O2. The number of nitrogens with one attached hydrogen (secondary N) is 2. The Kier molecular flexibility index (Phi) is 4.95. The zero-order valence-electron chi connectivity index (χ0n) is 16.0. The van der Waals surface area contributed by atoms with E-state index in [1.54, 1.807) is 19.3 Å². The number of hydrogen-bond donors (Lipinski definition) is 3. The van der Waals surface area contributed by atoms with Gasteiger partial charge in [-0.05, 0) is 50.3 Å². The molecule has 146 valence electrons. The first-order chi connectivity index (χ1) is 13.5. The van der Waals surface area contributed by atoms with E-state index in [1.165, 1.54) is 10.9 Å². The van der Waals surface area contributed by atoms with Crippen molar-refractivity contribution in [3.8, 4) is 0 Å². The Morgan fingerprint density at radius 2 is 1.93 bits per heavy atom. The molecule has 0 aromatic carbocycles. The van der Waals surface area contributed by atoms with Crippen molar-refractivity contribution in [3.05, 3.63) is 46.6 Å². The third kappa shape index (κ3) is 3.82. The zero-order chi connectivity index (χ0) is 19.7. The largest absolute Gasteiger partial charge is 0.393 e. The maximum atomic E-state index is 12.7. The van der Waals surface area contributed by atoms with Crippen LogP contribution in [0.15, 0.2) is 35.5 Å². The number of hydrogen-bond acceptors (Lipinski definition) is 7. The summed E-state index contributed by atoms with van der Waals surface area (Å²) in [6.45, 7) is 2.00. The Balaban J connectivity index is 1.73. The summed E-state index contributed by atoms with van der Waals surface area (Å²) in [6.07, 6.45) is 6.18. The number of aryl methyl sites for hydroxylation is 2. The maximum Gasteiger partial charge on any atom is 0.264 e. The fraction of sp³-hybridized carbons (Fsp3) is 0.400. The molecule has 3 aromatic heterocycles. The molecule has 0 atom stereocenters. The lowest BCUT2D eigenvalue weighted by atomic mass is 9.93. The van der Waals surface area contributed by atoms with Crippen molar-refractivity contribution in [2.45, 2.75) is 44.8 Å². The summed E-state index contributed by atoms with van der Waals surface area (Å²) < 4.78 is 1.45. The van der Waals surface area contributed by atoms with E-state index < -0.39 is 0 Å². The number of aliphatic hydroxyl groups is 1. The van der Waals surface area contributed by atoms with Crippen LogP contribution in [-0.4, -0.2) is 36.8 Å². The van der Waals surface area contributed by atoms with Gasteiger partial charge in [-0.3, -0.25) is 4.79 Å². The fourth-order valence-electron chi connectivity index (χ4n) is 3.54. The van der Waals surface area contributed by atoms with Crippen LogP contribution < -0.4 is 16.2 Å². The average molecular weight is 380 g/mol. The standard InChI is InChI=1S/C20H24N6O2/c1-12-7-8-21-16(9-12)24-17-10-15-18(20(28)26(2)11-22-15)19(25-17)23-13-3-5-14(27)6-4-13/h7-11,13-14,27H,3-6H2,1-2H3,(H2,21,23,24,25)/t13-,14+. The highest BCUT2D eigenvalue weighted by Gasteiger charge is 2.21. The normalized spacial score (nSPS) is 19.5. The van der Waals surface area contributed by atoms with E-state index in [-0.39, 0.29) is 17.7 Å². The quantitative estimate of drug-likeness (QED) is 0.639. The molecule has 1 saturated carbocycles. The van der Waals surface area contributed by atoms with Gasteiger partial charge in [-0.1, -0.05) is 0 Å². The first kappa shape index (κ1) is 18.4.